The first-order valence-corrected chi connectivity index (χ1v) is 11.1. The lowest BCUT2D eigenvalue weighted by Crippen LogP contribution is -2.04. The zero-order valence-corrected chi connectivity index (χ0v) is 18.4. The number of hydrogen-bond acceptors (Lipinski definition) is 3. The first kappa shape index (κ1) is 20.1. The van der Waals surface area contributed by atoms with Crippen molar-refractivity contribution in [2.75, 3.05) is 0 Å². The van der Waals surface area contributed by atoms with Crippen molar-refractivity contribution >= 4 is 39.3 Å². The van der Waals surface area contributed by atoms with Crippen LogP contribution in [0, 0.1) is 5.82 Å². The molecule has 4 rings (SSSR count). The van der Waals surface area contributed by atoms with Gasteiger partial charge >= 0.3 is 0 Å². The molecule has 0 fully saturated rings. The molecule has 0 aliphatic rings. The minimum atomic E-state index is -0.315. The lowest BCUT2D eigenvalue weighted by atomic mass is 10.2. The van der Waals surface area contributed by atoms with Crippen LogP contribution in [-0.2, 0) is 12.3 Å². The summed E-state index contributed by atoms with van der Waals surface area (Å²) in [6.07, 6.45) is 0. The second kappa shape index (κ2) is 9.11. The SMILES string of the molecule is Fc1cccc(Cl)c1CSc1nnc(-c2ccccc2Br)n1Cc1ccccc1. The van der Waals surface area contributed by atoms with Gasteiger partial charge in [-0.2, -0.15) is 0 Å². The molecule has 1 aromatic heterocycles. The Morgan fingerprint density at radius 1 is 0.931 bits per heavy atom. The summed E-state index contributed by atoms with van der Waals surface area (Å²) >= 11 is 11.2. The summed E-state index contributed by atoms with van der Waals surface area (Å²) in [5.74, 6) is 0.808. The summed E-state index contributed by atoms with van der Waals surface area (Å²) < 4.78 is 17.2. The first-order chi connectivity index (χ1) is 14.1. The molecule has 29 heavy (non-hydrogen) atoms. The predicted molar refractivity (Wildman–Crippen MR) is 120 cm³/mol. The van der Waals surface area contributed by atoms with Gasteiger partial charge in [-0.3, -0.25) is 4.57 Å². The third-order valence-electron chi connectivity index (χ3n) is 4.42. The Balaban J connectivity index is 1.71. The van der Waals surface area contributed by atoms with Crippen molar-refractivity contribution in [2.24, 2.45) is 0 Å². The smallest absolute Gasteiger partial charge is 0.192 e. The Kier molecular flexibility index (Phi) is 6.33. The zero-order valence-electron chi connectivity index (χ0n) is 15.2. The molecule has 0 radical (unpaired) electrons. The third-order valence-corrected chi connectivity index (χ3v) is 6.46. The van der Waals surface area contributed by atoms with Gasteiger partial charge in [-0.15, -0.1) is 10.2 Å². The maximum atomic E-state index is 14.2. The van der Waals surface area contributed by atoms with Gasteiger partial charge in [-0.05, 0) is 23.8 Å². The van der Waals surface area contributed by atoms with Crippen LogP contribution in [0.2, 0.25) is 5.02 Å². The van der Waals surface area contributed by atoms with E-state index in [0.717, 1.165) is 21.4 Å². The van der Waals surface area contributed by atoms with E-state index in [0.29, 0.717) is 28.0 Å². The van der Waals surface area contributed by atoms with E-state index >= 15 is 0 Å². The predicted octanol–water partition coefficient (Wildman–Crippen LogP) is 6.84. The summed E-state index contributed by atoms with van der Waals surface area (Å²) in [6.45, 7) is 0.609. The maximum Gasteiger partial charge on any atom is 0.192 e. The molecule has 0 bridgehead atoms. The number of thioether (sulfide) groups is 1. The second-order valence-corrected chi connectivity index (χ2v) is 8.55. The van der Waals surface area contributed by atoms with Crippen molar-refractivity contribution in [3.63, 3.8) is 0 Å². The molecule has 0 saturated carbocycles. The van der Waals surface area contributed by atoms with E-state index in [-0.39, 0.29) is 5.82 Å². The van der Waals surface area contributed by atoms with Crippen LogP contribution in [0.25, 0.3) is 11.4 Å². The van der Waals surface area contributed by atoms with Gasteiger partial charge in [0.05, 0.1) is 6.54 Å². The Labute approximate surface area is 186 Å². The molecule has 0 atom stereocenters. The number of aromatic nitrogens is 3. The topological polar surface area (TPSA) is 30.7 Å². The molecule has 0 aliphatic carbocycles. The van der Waals surface area contributed by atoms with Crippen LogP contribution in [0.1, 0.15) is 11.1 Å². The molecule has 1 heterocycles. The molecule has 146 valence electrons. The lowest BCUT2D eigenvalue weighted by molar-refractivity contribution is 0.617. The van der Waals surface area contributed by atoms with Crippen molar-refractivity contribution in [3.05, 3.63) is 99.2 Å². The Bertz CT molecular complexity index is 1110. The Morgan fingerprint density at radius 2 is 1.69 bits per heavy atom. The number of halogens is 3. The average molecular weight is 489 g/mol. The summed E-state index contributed by atoms with van der Waals surface area (Å²) in [6, 6.07) is 22.7. The summed E-state index contributed by atoms with van der Waals surface area (Å²) in [5, 5.41) is 9.95. The monoisotopic (exact) mass is 487 g/mol. The molecule has 0 amide bonds. The first-order valence-electron chi connectivity index (χ1n) is 8.91. The van der Waals surface area contributed by atoms with E-state index in [4.69, 9.17) is 11.6 Å². The van der Waals surface area contributed by atoms with E-state index in [2.05, 4.69) is 42.8 Å². The summed E-state index contributed by atoms with van der Waals surface area (Å²) in [4.78, 5) is 0. The summed E-state index contributed by atoms with van der Waals surface area (Å²) in [7, 11) is 0. The number of benzene rings is 3. The van der Waals surface area contributed by atoms with Gasteiger partial charge in [0.15, 0.2) is 11.0 Å². The lowest BCUT2D eigenvalue weighted by Gasteiger charge is -2.12. The van der Waals surface area contributed by atoms with Gasteiger partial charge in [-0.25, -0.2) is 4.39 Å². The van der Waals surface area contributed by atoms with Crippen LogP contribution < -0.4 is 0 Å². The van der Waals surface area contributed by atoms with Crippen LogP contribution in [0.4, 0.5) is 4.39 Å². The van der Waals surface area contributed by atoms with Crippen LogP contribution in [0.15, 0.2) is 82.4 Å². The van der Waals surface area contributed by atoms with Crippen molar-refractivity contribution in [2.45, 2.75) is 17.5 Å². The van der Waals surface area contributed by atoms with Crippen LogP contribution in [-0.4, -0.2) is 14.8 Å². The Hall–Kier alpha value is -2.15. The molecule has 0 N–H and O–H groups in total. The molecular weight excluding hydrogens is 473 g/mol. The average Bonchev–Trinajstić information content (AvgIpc) is 3.11. The number of rotatable bonds is 6. The zero-order chi connectivity index (χ0) is 20.2. The maximum absolute atomic E-state index is 14.2. The molecule has 3 nitrogen and oxygen atoms in total. The van der Waals surface area contributed by atoms with Gasteiger partial charge < -0.3 is 0 Å². The highest BCUT2D eigenvalue weighted by Gasteiger charge is 2.18. The van der Waals surface area contributed by atoms with Gasteiger partial charge in [0.25, 0.3) is 0 Å². The van der Waals surface area contributed by atoms with Crippen LogP contribution >= 0.6 is 39.3 Å². The van der Waals surface area contributed by atoms with Crippen LogP contribution in [0.3, 0.4) is 0 Å². The minimum Gasteiger partial charge on any atom is -0.298 e. The van der Waals surface area contributed by atoms with Crippen molar-refractivity contribution in [3.8, 4) is 11.4 Å². The standard InChI is InChI=1S/C22H16BrClFN3S/c23-18-10-5-4-9-16(18)21-26-27-22(28(21)13-15-7-2-1-3-8-15)29-14-17-19(24)11-6-12-20(17)25/h1-12H,13-14H2. The fraction of sp³-hybridized carbons (Fsp3) is 0.0909. The highest BCUT2D eigenvalue weighted by Crippen LogP contribution is 2.32. The quantitative estimate of drug-likeness (QED) is 0.278. The number of nitrogens with zero attached hydrogens (tertiary/aromatic N) is 3. The normalized spacial score (nSPS) is 11.0. The van der Waals surface area contributed by atoms with E-state index in [1.807, 2.05) is 42.5 Å². The van der Waals surface area contributed by atoms with Gasteiger partial charge in [0, 0.05) is 26.4 Å². The van der Waals surface area contributed by atoms with Gasteiger partial charge in [-0.1, -0.05) is 93.9 Å². The van der Waals surface area contributed by atoms with E-state index in [1.165, 1.54) is 17.8 Å². The fourth-order valence-electron chi connectivity index (χ4n) is 2.95. The molecular formula is C22H16BrClFN3S. The highest BCUT2D eigenvalue weighted by atomic mass is 79.9. The number of hydrogen-bond donors (Lipinski definition) is 0. The summed E-state index contributed by atoms with van der Waals surface area (Å²) in [5.41, 5.74) is 2.55. The van der Waals surface area contributed by atoms with E-state index < -0.39 is 0 Å². The van der Waals surface area contributed by atoms with Crippen molar-refractivity contribution < 1.29 is 4.39 Å². The highest BCUT2D eigenvalue weighted by molar-refractivity contribution is 9.10. The second-order valence-electron chi connectivity index (χ2n) is 6.35. The fourth-order valence-corrected chi connectivity index (χ4v) is 4.70. The van der Waals surface area contributed by atoms with Crippen molar-refractivity contribution in [1.82, 2.24) is 14.8 Å². The van der Waals surface area contributed by atoms with Crippen molar-refractivity contribution in [1.29, 1.82) is 0 Å². The van der Waals surface area contributed by atoms with Gasteiger partial charge in [0.1, 0.15) is 5.82 Å². The minimum absolute atomic E-state index is 0.315. The molecule has 3 aromatic carbocycles. The Morgan fingerprint density at radius 3 is 2.45 bits per heavy atom. The van der Waals surface area contributed by atoms with Crippen LogP contribution in [0.5, 0.6) is 0 Å². The van der Waals surface area contributed by atoms with E-state index in [1.54, 1.807) is 12.1 Å². The molecule has 0 saturated heterocycles. The molecule has 0 spiro atoms. The molecule has 0 unspecified atom stereocenters. The molecule has 4 aromatic rings. The molecule has 7 heteroatoms. The third kappa shape index (κ3) is 4.55. The largest absolute Gasteiger partial charge is 0.298 e. The molecule has 0 aliphatic heterocycles. The van der Waals surface area contributed by atoms with E-state index in [9.17, 15) is 4.39 Å². The van der Waals surface area contributed by atoms with Gasteiger partial charge in [0.2, 0.25) is 0 Å².